The minimum atomic E-state index is 1.06. The summed E-state index contributed by atoms with van der Waals surface area (Å²) in [4.78, 5) is 1.35. The topological polar surface area (TPSA) is 12.0 Å². The third-order valence-electron chi connectivity index (χ3n) is 3.44. The van der Waals surface area contributed by atoms with E-state index >= 15 is 0 Å². The van der Waals surface area contributed by atoms with Crippen molar-refractivity contribution in [2.75, 3.05) is 18.8 Å². The van der Waals surface area contributed by atoms with Gasteiger partial charge < -0.3 is 5.32 Å². The molecule has 0 fully saturated rings. The van der Waals surface area contributed by atoms with Gasteiger partial charge in [-0.05, 0) is 58.3 Å². The van der Waals surface area contributed by atoms with Gasteiger partial charge >= 0.3 is 0 Å². The lowest BCUT2D eigenvalue weighted by atomic mass is 10.1. The van der Waals surface area contributed by atoms with Crippen LogP contribution in [0.25, 0.3) is 10.8 Å². The molecule has 1 heterocycles. The molecule has 0 saturated carbocycles. The van der Waals surface area contributed by atoms with Crippen molar-refractivity contribution in [1.29, 1.82) is 0 Å². The highest BCUT2D eigenvalue weighted by Crippen LogP contribution is 2.23. The third-order valence-corrected chi connectivity index (χ3v) is 5.17. The maximum absolute atomic E-state index is 3.51. The van der Waals surface area contributed by atoms with Crippen LogP contribution in [-0.4, -0.2) is 18.8 Å². The van der Waals surface area contributed by atoms with Gasteiger partial charge in [-0.2, -0.15) is 11.3 Å². The van der Waals surface area contributed by atoms with Gasteiger partial charge in [-0.1, -0.05) is 30.3 Å². The SMILES string of the molecule is c1ccc2cc(SCCNCCc3ccsc3)ccc2c1. The molecule has 0 saturated heterocycles. The number of hydrogen-bond donors (Lipinski definition) is 1. The molecule has 108 valence electrons. The Morgan fingerprint density at radius 2 is 1.86 bits per heavy atom. The molecule has 0 atom stereocenters. The highest BCUT2D eigenvalue weighted by molar-refractivity contribution is 7.99. The largest absolute Gasteiger partial charge is 0.316 e. The van der Waals surface area contributed by atoms with Gasteiger partial charge in [0.2, 0.25) is 0 Å². The highest BCUT2D eigenvalue weighted by Gasteiger charge is 1.97. The van der Waals surface area contributed by atoms with Crippen molar-refractivity contribution in [1.82, 2.24) is 5.32 Å². The number of thioether (sulfide) groups is 1. The first kappa shape index (κ1) is 14.6. The van der Waals surface area contributed by atoms with Gasteiger partial charge in [0.15, 0.2) is 0 Å². The summed E-state index contributed by atoms with van der Waals surface area (Å²) < 4.78 is 0. The lowest BCUT2D eigenvalue weighted by Crippen LogP contribution is -2.19. The monoisotopic (exact) mass is 313 g/mol. The molecule has 21 heavy (non-hydrogen) atoms. The molecule has 0 amide bonds. The van der Waals surface area contributed by atoms with Gasteiger partial charge in [0.05, 0.1) is 0 Å². The fourth-order valence-corrected chi connectivity index (χ4v) is 3.85. The average Bonchev–Trinajstić information content (AvgIpc) is 3.04. The summed E-state index contributed by atoms with van der Waals surface area (Å²) >= 11 is 3.70. The number of benzene rings is 2. The Labute approximate surface area is 134 Å². The van der Waals surface area contributed by atoms with Crippen molar-refractivity contribution in [2.45, 2.75) is 11.3 Å². The zero-order chi connectivity index (χ0) is 14.3. The Morgan fingerprint density at radius 1 is 0.952 bits per heavy atom. The Bertz CT molecular complexity index is 677. The van der Waals surface area contributed by atoms with E-state index in [2.05, 4.69) is 64.6 Å². The molecule has 2 aromatic carbocycles. The van der Waals surface area contributed by atoms with Crippen LogP contribution in [0.5, 0.6) is 0 Å². The zero-order valence-corrected chi connectivity index (χ0v) is 13.6. The Kier molecular flexibility index (Phi) is 5.33. The van der Waals surface area contributed by atoms with Crippen molar-refractivity contribution >= 4 is 33.9 Å². The van der Waals surface area contributed by atoms with Gasteiger partial charge in [-0.3, -0.25) is 0 Å². The summed E-state index contributed by atoms with van der Waals surface area (Å²) in [6.07, 6.45) is 1.13. The molecule has 1 aromatic heterocycles. The summed E-state index contributed by atoms with van der Waals surface area (Å²) in [7, 11) is 0. The van der Waals surface area contributed by atoms with Crippen LogP contribution < -0.4 is 5.32 Å². The smallest absolute Gasteiger partial charge is 0.0106 e. The standard InChI is InChI=1S/C18H19NS2/c1-2-4-17-13-18(6-5-16(17)3-1)21-12-10-19-9-7-15-8-11-20-14-15/h1-6,8,11,13-14,19H,7,9-10,12H2. The van der Waals surface area contributed by atoms with Gasteiger partial charge in [0.25, 0.3) is 0 Å². The average molecular weight is 313 g/mol. The molecule has 0 aliphatic carbocycles. The predicted molar refractivity (Wildman–Crippen MR) is 95.6 cm³/mol. The quantitative estimate of drug-likeness (QED) is 0.495. The normalized spacial score (nSPS) is 11.0. The van der Waals surface area contributed by atoms with E-state index in [0.29, 0.717) is 0 Å². The Balaban J connectivity index is 1.40. The lowest BCUT2D eigenvalue weighted by molar-refractivity contribution is 0.722. The molecule has 1 nitrogen and oxygen atoms in total. The molecule has 0 bridgehead atoms. The lowest BCUT2D eigenvalue weighted by Gasteiger charge is -2.05. The van der Waals surface area contributed by atoms with E-state index in [1.165, 1.54) is 21.2 Å². The summed E-state index contributed by atoms with van der Waals surface area (Å²) in [6.45, 7) is 2.12. The van der Waals surface area contributed by atoms with Crippen LogP contribution in [0.4, 0.5) is 0 Å². The molecule has 0 unspecified atom stereocenters. The summed E-state index contributed by atoms with van der Waals surface area (Å²) in [6, 6.07) is 17.4. The van der Waals surface area contributed by atoms with E-state index in [1.807, 2.05) is 11.8 Å². The molecule has 0 radical (unpaired) electrons. The van der Waals surface area contributed by atoms with Gasteiger partial charge in [-0.25, -0.2) is 0 Å². The minimum Gasteiger partial charge on any atom is -0.316 e. The number of fused-ring (bicyclic) bond motifs is 1. The number of rotatable bonds is 7. The molecule has 0 aliphatic rings. The summed E-state index contributed by atoms with van der Waals surface area (Å²) in [5.74, 6) is 1.11. The molecule has 0 spiro atoms. The van der Waals surface area contributed by atoms with E-state index in [0.717, 1.165) is 25.3 Å². The van der Waals surface area contributed by atoms with Crippen molar-refractivity contribution in [3.8, 4) is 0 Å². The third kappa shape index (κ3) is 4.34. The van der Waals surface area contributed by atoms with Crippen LogP contribution in [0.2, 0.25) is 0 Å². The first-order valence-electron chi connectivity index (χ1n) is 7.25. The van der Waals surface area contributed by atoms with Gasteiger partial charge in [0.1, 0.15) is 0 Å². The van der Waals surface area contributed by atoms with Crippen LogP contribution in [0.1, 0.15) is 5.56 Å². The fourth-order valence-electron chi connectivity index (χ4n) is 2.29. The van der Waals surface area contributed by atoms with E-state index < -0.39 is 0 Å². The van der Waals surface area contributed by atoms with Crippen molar-refractivity contribution in [3.63, 3.8) is 0 Å². The molecule has 0 aliphatic heterocycles. The van der Waals surface area contributed by atoms with Crippen molar-refractivity contribution in [3.05, 3.63) is 64.9 Å². The fraction of sp³-hybridized carbons (Fsp3) is 0.222. The highest BCUT2D eigenvalue weighted by atomic mass is 32.2. The first-order valence-corrected chi connectivity index (χ1v) is 9.18. The Morgan fingerprint density at radius 3 is 2.71 bits per heavy atom. The van der Waals surface area contributed by atoms with Crippen molar-refractivity contribution < 1.29 is 0 Å². The van der Waals surface area contributed by atoms with Crippen LogP contribution in [0, 0.1) is 0 Å². The van der Waals surface area contributed by atoms with E-state index in [4.69, 9.17) is 0 Å². The van der Waals surface area contributed by atoms with Crippen LogP contribution in [0.15, 0.2) is 64.2 Å². The zero-order valence-electron chi connectivity index (χ0n) is 11.9. The van der Waals surface area contributed by atoms with Gasteiger partial charge in [-0.15, -0.1) is 11.8 Å². The maximum Gasteiger partial charge on any atom is 0.0106 e. The van der Waals surface area contributed by atoms with E-state index in [-0.39, 0.29) is 0 Å². The molecule has 3 heteroatoms. The minimum absolute atomic E-state index is 1.06. The van der Waals surface area contributed by atoms with Crippen molar-refractivity contribution in [2.24, 2.45) is 0 Å². The molecule has 3 aromatic rings. The number of nitrogens with one attached hydrogen (secondary N) is 1. The second-order valence-electron chi connectivity index (χ2n) is 4.99. The number of thiophene rings is 1. The second kappa shape index (κ2) is 7.64. The predicted octanol–water partition coefficient (Wildman–Crippen LogP) is 4.83. The molecule has 3 rings (SSSR count). The van der Waals surface area contributed by atoms with E-state index in [1.54, 1.807) is 11.3 Å². The molecular formula is C18H19NS2. The second-order valence-corrected chi connectivity index (χ2v) is 6.94. The van der Waals surface area contributed by atoms with E-state index in [9.17, 15) is 0 Å². The maximum atomic E-state index is 3.51. The van der Waals surface area contributed by atoms with Crippen LogP contribution in [0.3, 0.4) is 0 Å². The molecule has 1 N–H and O–H groups in total. The van der Waals surface area contributed by atoms with Crippen LogP contribution >= 0.6 is 23.1 Å². The Hall–Kier alpha value is -1.29. The summed E-state index contributed by atoms with van der Waals surface area (Å²) in [5, 5.41) is 10.5. The first-order chi connectivity index (χ1) is 10.4. The molecular weight excluding hydrogens is 294 g/mol. The number of hydrogen-bond acceptors (Lipinski definition) is 3. The van der Waals surface area contributed by atoms with Gasteiger partial charge in [0, 0.05) is 17.2 Å². The van der Waals surface area contributed by atoms with Crippen LogP contribution in [-0.2, 0) is 6.42 Å². The summed E-state index contributed by atoms with van der Waals surface area (Å²) in [5.41, 5.74) is 1.44.